The summed E-state index contributed by atoms with van der Waals surface area (Å²) >= 11 is 0. The van der Waals surface area contributed by atoms with Crippen molar-refractivity contribution in [1.29, 1.82) is 0 Å². The number of nitrogens with one attached hydrogen (secondary N) is 1. The van der Waals surface area contributed by atoms with Gasteiger partial charge in [-0.2, -0.15) is 5.10 Å². The second-order valence-corrected chi connectivity index (χ2v) is 5.69. The van der Waals surface area contributed by atoms with Crippen molar-refractivity contribution in [3.8, 4) is 5.75 Å². The van der Waals surface area contributed by atoms with E-state index in [1.165, 1.54) is 11.9 Å². The van der Waals surface area contributed by atoms with Crippen LogP contribution in [0.5, 0.6) is 5.75 Å². The van der Waals surface area contributed by atoms with E-state index in [1.807, 2.05) is 17.0 Å². The molecule has 3 rings (SSSR count). The Hall–Kier alpha value is -2.37. The third kappa shape index (κ3) is 3.27. The number of amides is 1. The topological polar surface area (TPSA) is 82.1 Å². The van der Waals surface area contributed by atoms with Crippen LogP contribution in [0.4, 0.5) is 0 Å². The number of hydrogen-bond acceptors (Lipinski definition) is 4. The molecule has 2 heterocycles. The molecule has 1 aromatic carbocycles. The van der Waals surface area contributed by atoms with Crippen LogP contribution in [0, 0.1) is 0 Å². The van der Waals surface area contributed by atoms with Crippen LogP contribution in [0.15, 0.2) is 30.6 Å². The van der Waals surface area contributed by atoms with E-state index in [-0.39, 0.29) is 17.7 Å². The summed E-state index contributed by atoms with van der Waals surface area (Å²) in [6.45, 7) is 0.778. The van der Waals surface area contributed by atoms with Crippen LogP contribution in [-0.4, -0.2) is 43.7 Å². The Labute approximate surface area is 129 Å². The van der Waals surface area contributed by atoms with E-state index in [9.17, 15) is 9.90 Å². The Morgan fingerprint density at radius 3 is 2.86 bits per heavy atom. The highest BCUT2D eigenvalue weighted by atomic mass is 16.3. The third-order valence-electron chi connectivity index (χ3n) is 4.21. The number of aryl methyl sites for hydroxylation is 1. The molecular weight excluding hydrogens is 280 g/mol. The molecule has 22 heavy (non-hydrogen) atoms. The summed E-state index contributed by atoms with van der Waals surface area (Å²) < 4.78 is 0. The third-order valence-corrected chi connectivity index (χ3v) is 4.21. The van der Waals surface area contributed by atoms with E-state index < -0.39 is 0 Å². The Morgan fingerprint density at radius 2 is 2.14 bits per heavy atom. The molecule has 2 aromatic rings. The Balaban J connectivity index is 1.65. The van der Waals surface area contributed by atoms with Gasteiger partial charge in [-0.25, -0.2) is 4.98 Å². The number of phenolic OH excluding ortho intramolecular Hbond substituents is 1. The van der Waals surface area contributed by atoms with Gasteiger partial charge >= 0.3 is 0 Å². The van der Waals surface area contributed by atoms with Crippen LogP contribution < -0.4 is 0 Å². The smallest absolute Gasteiger partial charge is 0.291 e. The lowest BCUT2D eigenvalue weighted by atomic mass is 9.95. The summed E-state index contributed by atoms with van der Waals surface area (Å²) in [4.78, 5) is 18.4. The Morgan fingerprint density at radius 1 is 1.32 bits per heavy atom. The van der Waals surface area contributed by atoms with Gasteiger partial charge in [-0.05, 0) is 49.8 Å². The summed E-state index contributed by atoms with van der Waals surface area (Å²) in [6.07, 6.45) is 6.40. The van der Waals surface area contributed by atoms with Gasteiger partial charge in [-0.1, -0.05) is 12.1 Å². The number of H-pyrrole nitrogens is 1. The maximum absolute atomic E-state index is 12.5. The number of phenols is 1. The van der Waals surface area contributed by atoms with Gasteiger partial charge in [0.2, 0.25) is 5.82 Å². The monoisotopic (exact) mass is 300 g/mol. The highest BCUT2D eigenvalue weighted by Crippen LogP contribution is 2.23. The van der Waals surface area contributed by atoms with Crippen LogP contribution >= 0.6 is 0 Å². The number of hydrogen-bond donors (Lipinski definition) is 2. The minimum absolute atomic E-state index is 0.0621. The van der Waals surface area contributed by atoms with Gasteiger partial charge in [0.1, 0.15) is 12.1 Å². The highest BCUT2D eigenvalue weighted by molar-refractivity contribution is 5.90. The summed E-state index contributed by atoms with van der Waals surface area (Å²) in [6, 6.07) is 7.50. The first-order valence-electron chi connectivity index (χ1n) is 7.68. The zero-order valence-corrected chi connectivity index (χ0v) is 12.4. The van der Waals surface area contributed by atoms with Gasteiger partial charge in [0.15, 0.2) is 0 Å². The lowest BCUT2D eigenvalue weighted by Gasteiger charge is -2.35. The fourth-order valence-electron chi connectivity index (χ4n) is 3.01. The van der Waals surface area contributed by atoms with Gasteiger partial charge in [0.25, 0.3) is 5.91 Å². The first-order valence-corrected chi connectivity index (χ1v) is 7.68. The van der Waals surface area contributed by atoms with E-state index >= 15 is 0 Å². The molecule has 1 saturated heterocycles. The SMILES string of the molecule is O=C(c1ncn[nH]1)N1CCCC[C@@H]1CCc1ccc(O)cc1. The van der Waals surface area contributed by atoms with Crippen LogP contribution in [0.1, 0.15) is 41.9 Å². The maximum Gasteiger partial charge on any atom is 0.291 e. The number of carbonyl (C=O) groups is 1. The molecule has 2 N–H and O–H groups in total. The molecule has 6 nitrogen and oxygen atoms in total. The number of aromatic nitrogens is 3. The van der Waals surface area contributed by atoms with E-state index in [0.717, 1.165) is 38.6 Å². The van der Waals surface area contributed by atoms with Gasteiger partial charge in [-0.3, -0.25) is 9.89 Å². The normalized spacial score (nSPS) is 18.4. The van der Waals surface area contributed by atoms with Gasteiger partial charge in [0, 0.05) is 12.6 Å². The van der Waals surface area contributed by atoms with Gasteiger partial charge in [0.05, 0.1) is 0 Å². The first-order chi connectivity index (χ1) is 10.7. The molecule has 1 fully saturated rings. The van der Waals surface area contributed by atoms with Gasteiger partial charge < -0.3 is 10.0 Å². The molecule has 0 unspecified atom stereocenters. The predicted molar refractivity (Wildman–Crippen MR) is 81.5 cm³/mol. The zero-order chi connectivity index (χ0) is 15.4. The zero-order valence-electron chi connectivity index (χ0n) is 12.4. The highest BCUT2D eigenvalue weighted by Gasteiger charge is 2.28. The lowest BCUT2D eigenvalue weighted by molar-refractivity contribution is 0.0590. The first kappa shape index (κ1) is 14.6. The second-order valence-electron chi connectivity index (χ2n) is 5.69. The Bertz CT molecular complexity index is 610. The number of likely N-dealkylation sites (tertiary alicyclic amines) is 1. The van der Waals surface area contributed by atoms with Crippen molar-refractivity contribution < 1.29 is 9.90 Å². The summed E-state index contributed by atoms with van der Waals surface area (Å²) in [7, 11) is 0. The quantitative estimate of drug-likeness (QED) is 0.906. The van der Waals surface area contributed by atoms with Crippen molar-refractivity contribution in [3.05, 3.63) is 42.0 Å². The number of aromatic hydroxyl groups is 1. The van der Waals surface area contributed by atoms with Crippen LogP contribution in [-0.2, 0) is 6.42 Å². The molecule has 0 aliphatic carbocycles. The molecule has 1 atom stereocenters. The van der Waals surface area contributed by atoms with E-state index in [1.54, 1.807) is 12.1 Å². The number of aromatic amines is 1. The average molecular weight is 300 g/mol. The van der Waals surface area contributed by atoms with Crippen LogP contribution in [0.3, 0.4) is 0 Å². The molecule has 1 aliphatic rings. The molecule has 116 valence electrons. The minimum Gasteiger partial charge on any atom is -0.508 e. The predicted octanol–water partition coefficient (Wildman–Crippen LogP) is 2.14. The summed E-state index contributed by atoms with van der Waals surface area (Å²) in [5.74, 6) is 0.535. The molecular formula is C16H20N4O2. The molecule has 0 saturated carbocycles. The van der Waals surface area contributed by atoms with Crippen molar-refractivity contribution in [3.63, 3.8) is 0 Å². The number of carbonyl (C=O) groups excluding carboxylic acids is 1. The summed E-state index contributed by atoms with van der Waals surface area (Å²) in [5, 5.41) is 15.7. The van der Waals surface area contributed by atoms with Crippen LogP contribution in [0.25, 0.3) is 0 Å². The Kier molecular flexibility index (Phi) is 4.37. The lowest BCUT2D eigenvalue weighted by Crippen LogP contribution is -2.44. The molecule has 0 radical (unpaired) electrons. The summed E-state index contributed by atoms with van der Waals surface area (Å²) in [5.41, 5.74) is 1.18. The van der Waals surface area contributed by atoms with Crippen LogP contribution in [0.2, 0.25) is 0 Å². The minimum atomic E-state index is -0.0621. The van der Waals surface area contributed by atoms with Crippen molar-refractivity contribution in [2.24, 2.45) is 0 Å². The standard InChI is InChI=1S/C16H20N4O2/c21-14-8-5-12(6-9-14)4-7-13-3-1-2-10-20(13)16(22)15-17-11-18-19-15/h5-6,8-9,11,13,21H,1-4,7,10H2,(H,17,18,19)/t13-/m1/s1. The number of benzene rings is 1. The molecule has 0 spiro atoms. The maximum atomic E-state index is 12.5. The fraction of sp³-hybridized carbons (Fsp3) is 0.438. The second kappa shape index (κ2) is 6.60. The van der Waals surface area contributed by atoms with E-state index in [2.05, 4.69) is 15.2 Å². The van der Waals surface area contributed by atoms with E-state index in [0.29, 0.717) is 5.82 Å². The average Bonchev–Trinajstić information content (AvgIpc) is 3.08. The molecule has 6 heteroatoms. The number of rotatable bonds is 4. The van der Waals surface area contributed by atoms with Crippen molar-refractivity contribution >= 4 is 5.91 Å². The van der Waals surface area contributed by atoms with E-state index in [4.69, 9.17) is 0 Å². The van der Waals surface area contributed by atoms with Crippen molar-refractivity contribution in [2.75, 3.05) is 6.54 Å². The van der Waals surface area contributed by atoms with Crippen molar-refractivity contribution in [2.45, 2.75) is 38.1 Å². The molecule has 1 aliphatic heterocycles. The molecule has 1 aromatic heterocycles. The molecule has 0 bridgehead atoms. The van der Waals surface area contributed by atoms with Gasteiger partial charge in [-0.15, -0.1) is 0 Å². The number of piperidine rings is 1. The molecule has 1 amide bonds. The number of nitrogens with zero attached hydrogens (tertiary/aromatic N) is 3. The van der Waals surface area contributed by atoms with Crippen molar-refractivity contribution in [1.82, 2.24) is 20.1 Å². The largest absolute Gasteiger partial charge is 0.508 e. The fourth-order valence-corrected chi connectivity index (χ4v) is 3.01.